The second-order valence-corrected chi connectivity index (χ2v) is 6.53. The van der Waals surface area contributed by atoms with Crippen LogP contribution in [0.2, 0.25) is 0 Å². The quantitative estimate of drug-likeness (QED) is 0.482. The fourth-order valence-electron chi connectivity index (χ4n) is 3.18. The van der Waals surface area contributed by atoms with E-state index in [1.807, 2.05) is 77.5 Å². The Labute approximate surface area is 167 Å². The molecular formula is C23H17N5O. The minimum absolute atomic E-state index is 0.440. The van der Waals surface area contributed by atoms with E-state index in [0.717, 1.165) is 39.3 Å². The van der Waals surface area contributed by atoms with Crippen molar-refractivity contribution in [2.75, 3.05) is 5.73 Å². The van der Waals surface area contributed by atoms with Gasteiger partial charge in [0.15, 0.2) is 5.82 Å². The highest BCUT2D eigenvalue weighted by Gasteiger charge is 2.12. The number of nitrogens with two attached hydrogens (primary N) is 1. The van der Waals surface area contributed by atoms with Gasteiger partial charge in [-0.3, -0.25) is 9.97 Å². The van der Waals surface area contributed by atoms with Crippen LogP contribution in [0.5, 0.6) is 11.5 Å². The largest absolute Gasteiger partial charge is 0.457 e. The zero-order chi connectivity index (χ0) is 19.6. The molecule has 3 heterocycles. The lowest BCUT2D eigenvalue weighted by atomic mass is 10.1. The molecule has 0 radical (unpaired) electrons. The SMILES string of the molecule is Nc1nn(-c2ccc(Oc3ccccc3)cc2)c2cc(-c3cccnc3)ncc12. The van der Waals surface area contributed by atoms with Crippen molar-refractivity contribution in [3.05, 3.63) is 91.4 Å². The van der Waals surface area contributed by atoms with E-state index in [1.165, 1.54) is 0 Å². The summed E-state index contributed by atoms with van der Waals surface area (Å²) in [7, 11) is 0. The Morgan fingerprint density at radius 2 is 1.62 bits per heavy atom. The highest BCUT2D eigenvalue weighted by molar-refractivity contribution is 5.91. The number of hydrogen-bond donors (Lipinski definition) is 1. The molecule has 0 aliphatic carbocycles. The maximum Gasteiger partial charge on any atom is 0.155 e. The fraction of sp³-hybridized carbons (Fsp3) is 0. The lowest BCUT2D eigenvalue weighted by Gasteiger charge is -2.08. The van der Waals surface area contributed by atoms with Crippen LogP contribution >= 0.6 is 0 Å². The average Bonchev–Trinajstić information content (AvgIpc) is 3.11. The van der Waals surface area contributed by atoms with E-state index in [4.69, 9.17) is 10.5 Å². The van der Waals surface area contributed by atoms with Crippen molar-refractivity contribution in [2.45, 2.75) is 0 Å². The van der Waals surface area contributed by atoms with Gasteiger partial charge in [-0.1, -0.05) is 18.2 Å². The second-order valence-electron chi connectivity index (χ2n) is 6.53. The zero-order valence-electron chi connectivity index (χ0n) is 15.4. The number of aromatic nitrogens is 4. The number of benzene rings is 2. The number of anilines is 1. The van der Waals surface area contributed by atoms with Crippen LogP contribution in [-0.2, 0) is 0 Å². The first kappa shape index (κ1) is 16.9. The Balaban J connectivity index is 1.52. The molecule has 0 spiro atoms. The molecule has 5 rings (SSSR count). The number of rotatable bonds is 4. The van der Waals surface area contributed by atoms with Gasteiger partial charge < -0.3 is 10.5 Å². The minimum atomic E-state index is 0.440. The molecule has 0 amide bonds. The summed E-state index contributed by atoms with van der Waals surface area (Å²) in [6.07, 6.45) is 5.28. The molecule has 0 saturated heterocycles. The van der Waals surface area contributed by atoms with Gasteiger partial charge >= 0.3 is 0 Å². The first-order valence-corrected chi connectivity index (χ1v) is 9.16. The Morgan fingerprint density at radius 1 is 0.828 bits per heavy atom. The number of pyridine rings is 2. The van der Waals surface area contributed by atoms with Gasteiger partial charge in [-0.05, 0) is 54.6 Å². The summed E-state index contributed by atoms with van der Waals surface area (Å²) in [5, 5.41) is 5.31. The molecule has 140 valence electrons. The Hall–Kier alpha value is -4.19. The molecule has 0 aliphatic rings. The summed E-state index contributed by atoms with van der Waals surface area (Å²) < 4.78 is 7.69. The molecule has 0 saturated carbocycles. The normalized spacial score (nSPS) is 10.9. The van der Waals surface area contributed by atoms with Crippen LogP contribution in [-0.4, -0.2) is 19.7 Å². The zero-order valence-corrected chi connectivity index (χ0v) is 15.4. The van der Waals surface area contributed by atoms with Gasteiger partial charge in [0.05, 0.1) is 22.3 Å². The van der Waals surface area contributed by atoms with Gasteiger partial charge in [0, 0.05) is 24.2 Å². The van der Waals surface area contributed by atoms with Gasteiger partial charge in [-0.25, -0.2) is 4.68 Å². The number of fused-ring (bicyclic) bond motifs is 1. The summed E-state index contributed by atoms with van der Waals surface area (Å²) in [6.45, 7) is 0. The van der Waals surface area contributed by atoms with E-state index in [9.17, 15) is 0 Å². The molecule has 29 heavy (non-hydrogen) atoms. The summed E-state index contributed by atoms with van der Waals surface area (Å²) in [6, 6.07) is 23.2. The van der Waals surface area contributed by atoms with Crippen molar-refractivity contribution >= 4 is 16.7 Å². The third-order valence-corrected chi connectivity index (χ3v) is 4.61. The Morgan fingerprint density at radius 3 is 2.38 bits per heavy atom. The minimum Gasteiger partial charge on any atom is -0.457 e. The van der Waals surface area contributed by atoms with Crippen LogP contribution < -0.4 is 10.5 Å². The molecule has 2 aromatic carbocycles. The van der Waals surface area contributed by atoms with E-state index in [-0.39, 0.29) is 0 Å². The maximum absolute atomic E-state index is 6.13. The van der Waals surface area contributed by atoms with Crippen LogP contribution in [0.1, 0.15) is 0 Å². The molecule has 0 fully saturated rings. The first-order valence-electron chi connectivity index (χ1n) is 9.16. The van der Waals surface area contributed by atoms with Crippen LogP contribution in [0.15, 0.2) is 91.4 Å². The third-order valence-electron chi connectivity index (χ3n) is 4.61. The molecule has 6 heteroatoms. The maximum atomic E-state index is 6.13. The van der Waals surface area contributed by atoms with Gasteiger partial charge in [0.2, 0.25) is 0 Å². The highest BCUT2D eigenvalue weighted by Crippen LogP contribution is 2.28. The van der Waals surface area contributed by atoms with Crippen molar-refractivity contribution in [2.24, 2.45) is 0 Å². The van der Waals surface area contributed by atoms with Crippen molar-refractivity contribution in [1.29, 1.82) is 0 Å². The molecule has 2 N–H and O–H groups in total. The molecule has 0 bridgehead atoms. The Kier molecular flexibility index (Phi) is 4.14. The van der Waals surface area contributed by atoms with Crippen molar-refractivity contribution in [1.82, 2.24) is 19.7 Å². The molecule has 0 aliphatic heterocycles. The fourth-order valence-corrected chi connectivity index (χ4v) is 3.18. The summed E-state index contributed by atoms with van der Waals surface area (Å²) >= 11 is 0. The van der Waals surface area contributed by atoms with E-state index in [2.05, 4.69) is 15.1 Å². The number of nitrogens with zero attached hydrogens (tertiary/aromatic N) is 4. The van der Waals surface area contributed by atoms with Gasteiger partial charge in [0.25, 0.3) is 0 Å². The van der Waals surface area contributed by atoms with E-state index in [1.54, 1.807) is 18.6 Å². The number of nitrogen functional groups attached to an aromatic ring is 1. The number of hydrogen-bond acceptors (Lipinski definition) is 5. The smallest absolute Gasteiger partial charge is 0.155 e. The van der Waals surface area contributed by atoms with Gasteiger partial charge in [-0.2, -0.15) is 0 Å². The average molecular weight is 379 g/mol. The molecule has 3 aromatic heterocycles. The van der Waals surface area contributed by atoms with Crippen LogP contribution in [0, 0.1) is 0 Å². The monoisotopic (exact) mass is 379 g/mol. The highest BCUT2D eigenvalue weighted by atomic mass is 16.5. The summed E-state index contributed by atoms with van der Waals surface area (Å²) in [5.41, 5.74) is 9.65. The standard InChI is InChI=1S/C23H17N5O/c24-23-20-15-26-21(16-5-4-12-25-14-16)13-22(20)28(27-23)17-8-10-19(11-9-17)29-18-6-2-1-3-7-18/h1-15H,(H2,24,27). The number of ether oxygens (including phenoxy) is 1. The number of para-hydroxylation sites is 1. The van der Waals surface area contributed by atoms with Gasteiger partial charge in [0.1, 0.15) is 11.5 Å². The van der Waals surface area contributed by atoms with E-state index >= 15 is 0 Å². The predicted octanol–water partition coefficient (Wildman–Crippen LogP) is 4.86. The van der Waals surface area contributed by atoms with Crippen molar-refractivity contribution in [3.8, 4) is 28.4 Å². The summed E-state index contributed by atoms with van der Waals surface area (Å²) in [4.78, 5) is 8.68. The lowest BCUT2D eigenvalue weighted by molar-refractivity contribution is 0.482. The van der Waals surface area contributed by atoms with Crippen LogP contribution in [0.4, 0.5) is 5.82 Å². The van der Waals surface area contributed by atoms with Crippen molar-refractivity contribution in [3.63, 3.8) is 0 Å². The lowest BCUT2D eigenvalue weighted by Crippen LogP contribution is -1.97. The third kappa shape index (κ3) is 3.27. The van der Waals surface area contributed by atoms with Crippen LogP contribution in [0.25, 0.3) is 27.8 Å². The predicted molar refractivity (Wildman–Crippen MR) is 113 cm³/mol. The van der Waals surface area contributed by atoms with Crippen LogP contribution in [0.3, 0.4) is 0 Å². The van der Waals surface area contributed by atoms with Gasteiger partial charge in [-0.15, -0.1) is 5.10 Å². The molecule has 6 nitrogen and oxygen atoms in total. The molecule has 5 aromatic rings. The Bertz CT molecular complexity index is 1270. The molecule has 0 unspecified atom stereocenters. The molecule has 0 atom stereocenters. The molecular weight excluding hydrogens is 362 g/mol. The van der Waals surface area contributed by atoms with Crippen molar-refractivity contribution < 1.29 is 4.74 Å². The first-order chi connectivity index (χ1) is 14.3. The second kappa shape index (κ2) is 7.09. The van der Waals surface area contributed by atoms with E-state index < -0.39 is 0 Å². The topological polar surface area (TPSA) is 78.8 Å². The summed E-state index contributed by atoms with van der Waals surface area (Å²) in [5.74, 6) is 1.98. The van der Waals surface area contributed by atoms with E-state index in [0.29, 0.717) is 5.82 Å².